The van der Waals surface area contributed by atoms with E-state index in [2.05, 4.69) is 5.32 Å². The van der Waals surface area contributed by atoms with Crippen LogP contribution in [-0.2, 0) is 11.2 Å². The molecule has 0 aliphatic rings. The summed E-state index contributed by atoms with van der Waals surface area (Å²) in [5.74, 6) is -1.68. The molecule has 0 aliphatic carbocycles. The summed E-state index contributed by atoms with van der Waals surface area (Å²) < 4.78 is 0. The van der Waals surface area contributed by atoms with Crippen molar-refractivity contribution < 1.29 is 66.1 Å². The van der Waals surface area contributed by atoms with Crippen LogP contribution in [0.3, 0.4) is 0 Å². The number of anilines is 1. The Morgan fingerprint density at radius 3 is 2.62 bits per heavy atom. The minimum atomic E-state index is -1.32. The molecule has 0 aliphatic heterocycles. The van der Waals surface area contributed by atoms with E-state index in [0.29, 0.717) is 6.42 Å². The maximum absolute atomic E-state index is 11.7. The van der Waals surface area contributed by atoms with Gasteiger partial charge in [-0.05, 0) is 23.6 Å². The largest absolute Gasteiger partial charge is 1.00 e. The second-order valence-corrected chi connectivity index (χ2v) is 5.04. The number of hydrogen-bond acceptors (Lipinski definition) is 4. The standard InChI is InChI=1S/C15H13NO3S.K/c17-14(9-3-5-11-6-4-10-20-11)16-13-8-2-1-7-12(13)15(18)19;/h1-4,6-10H,5H2,(H,16,17)(H,18,19);/q;+1/p-1. The average molecular weight is 325 g/mol. The van der Waals surface area contributed by atoms with Crippen LogP contribution in [-0.4, -0.2) is 11.9 Å². The maximum atomic E-state index is 11.7. The minimum absolute atomic E-state index is 0. The molecule has 1 heterocycles. The molecule has 0 saturated carbocycles. The molecular weight excluding hydrogens is 313 g/mol. The molecule has 2 rings (SSSR count). The first-order chi connectivity index (χ1) is 9.66. The van der Waals surface area contributed by atoms with Crippen molar-refractivity contribution in [2.45, 2.75) is 6.42 Å². The number of nitrogens with one attached hydrogen (secondary N) is 1. The van der Waals surface area contributed by atoms with Gasteiger partial charge in [-0.1, -0.05) is 30.3 Å². The predicted molar refractivity (Wildman–Crippen MR) is 76.6 cm³/mol. The third-order valence-corrected chi connectivity index (χ3v) is 3.47. The molecule has 0 unspecified atom stereocenters. The molecule has 0 bridgehead atoms. The zero-order chi connectivity index (χ0) is 14.4. The summed E-state index contributed by atoms with van der Waals surface area (Å²) in [5, 5.41) is 15.4. The van der Waals surface area contributed by atoms with Gasteiger partial charge in [0, 0.05) is 16.9 Å². The van der Waals surface area contributed by atoms with Crippen LogP contribution in [0.2, 0.25) is 0 Å². The summed E-state index contributed by atoms with van der Waals surface area (Å²) in [7, 11) is 0. The number of amides is 1. The number of carboxylic acids is 1. The van der Waals surface area contributed by atoms with E-state index in [1.165, 1.54) is 18.2 Å². The van der Waals surface area contributed by atoms with Crippen LogP contribution in [0.4, 0.5) is 5.69 Å². The van der Waals surface area contributed by atoms with E-state index in [1.807, 2.05) is 17.5 Å². The van der Waals surface area contributed by atoms with Crippen LogP contribution in [0.25, 0.3) is 0 Å². The molecule has 0 saturated heterocycles. The van der Waals surface area contributed by atoms with Crippen LogP contribution in [0.5, 0.6) is 0 Å². The van der Waals surface area contributed by atoms with Gasteiger partial charge in [-0.25, -0.2) is 0 Å². The van der Waals surface area contributed by atoms with E-state index in [1.54, 1.807) is 29.5 Å². The Morgan fingerprint density at radius 2 is 1.95 bits per heavy atom. The van der Waals surface area contributed by atoms with E-state index in [-0.39, 0.29) is 68.5 Å². The van der Waals surface area contributed by atoms with Crippen molar-refractivity contribution in [2.24, 2.45) is 0 Å². The number of allylic oxidation sites excluding steroid dienone is 1. The zero-order valence-electron chi connectivity index (χ0n) is 11.5. The van der Waals surface area contributed by atoms with E-state index in [9.17, 15) is 14.7 Å². The van der Waals surface area contributed by atoms with Crippen LogP contribution in [0, 0.1) is 0 Å². The summed E-state index contributed by atoms with van der Waals surface area (Å²) in [5.41, 5.74) is 0.200. The Labute approximate surface area is 169 Å². The number of carbonyl (C=O) groups excluding carboxylic acids is 2. The third-order valence-electron chi connectivity index (χ3n) is 2.57. The maximum Gasteiger partial charge on any atom is 1.00 e. The average Bonchev–Trinajstić information content (AvgIpc) is 2.92. The van der Waals surface area contributed by atoms with Crippen molar-refractivity contribution in [3.8, 4) is 0 Å². The molecular formula is C15H12KNO3S. The van der Waals surface area contributed by atoms with Crippen molar-refractivity contribution in [3.05, 3.63) is 64.4 Å². The third kappa shape index (κ3) is 5.86. The Morgan fingerprint density at radius 1 is 1.19 bits per heavy atom. The Hall–Kier alpha value is -0.764. The first-order valence-corrected chi connectivity index (χ1v) is 6.85. The Kier molecular flexibility index (Phi) is 8.09. The van der Waals surface area contributed by atoms with Gasteiger partial charge < -0.3 is 15.2 Å². The Bertz CT molecular complexity index is 638. The summed E-state index contributed by atoms with van der Waals surface area (Å²) in [6, 6.07) is 10.1. The number of aromatic carboxylic acids is 1. The van der Waals surface area contributed by atoms with Gasteiger partial charge in [-0.3, -0.25) is 4.79 Å². The normalized spacial score (nSPS) is 10.1. The van der Waals surface area contributed by atoms with Crippen LogP contribution in [0.15, 0.2) is 53.9 Å². The smallest absolute Gasteiger partial charge is 0.545 e. The van der Waals surface area contributed by atoms with Gasteiger partial charge in [0.25, 0.3) is 0 Å². The summed E-state index contributed by atoms with van der Waals surface area (Å²) in [6.07, 6.45) is 3.81. The molecule has 1 amide bonds. The molecule has 102 valence electrons. The van der Waals surface area contributed by atoms with Crippen molar-refractivity contribution in [1.29, 1.82) is 0 Å². The van der Waals surface area contributed by atoms with Crippen LogP contribution >= 0.6 is 11.3 Å². The number of carbonyl (C=O) groups is 2. The molecule has 2 aromatic rings. The fraction of sp³-hybridized carbons (Fsp3) is 0.0667. The molecule has 0 fully saturated rings. The monoisotopic (exact) mass is 325 g/mol. The fourth-order valence-corrected chi connectivity index (χ4v) is 2.34. The van der Waals surface area contributed by atoms with Gasteiger partial charge in [0.2, 0.25) is 5.91 Å². The van der Waals surface area contributed by atoms with E-state index in [4.69, 9.17) is 0 Å². The molecule has 0 atom stereocenters. The first kappa shape index (κ1) is 18.3. The van der Waals surface area contributed by atoms with Gasteiger partial charge in [0.1, 0.15) is 0 Å². The van der Waals surface area contributed by atoms with Crippen molar-refractivity contribution in [3.63, 3.8) is 0 Å². The van der Waals surface area contributed by atoms with Gasteiger partial charge in [-0.15, -0.1) is 11.3 Å². The van der Waals surface area contributed by atoms with Gasteiger partial charge in [0.05, 0.1) is 11.7 Å². The minimum Gasteiger partial charge on any atom is -0.545 e. The Balaban J connectivity index is 0.00000220. The van der Waals surface area contributed by atoms with E-state index >= 15 is 0 Å². The van der Waals surface area contributed by atoms with Crippen molar-refractivity contribution in [2.75, 3.05) is 5.32 Å². The molecule has 1 N–H and O–H groups in total. The SMILES string of the molecule is O=C(C=CCc1cccs1)Nc1ccccc1C(=O)[O-].[K+]. The molecule has 1 aromatic carbocycles. The number of hydrogen-bond donors (Lipinski definition) is 1. The number of thiophene rings is 1. The topological polar surface area (TPSA) is 69.2 Å². The molecule has 1 aromatic heterocycles. The van der Waals surface area contributed by atoms with Crippen LogP contribution in [0.1, 0.15) is 15.2 Å². The molecule has 21 heavy (non-hydrogen) atoms. The van der Waals surface area contributed by atoms with E-state index < -0.39 is 5.97 Å². The second-order valence-electron chi connectivity index (χ2n) is 4.01. The quantitative estimate of drug-likeness (QED) is 0.558. The predicted octanol–water partition coefficient (Wildman–Crippen LogP) is -1.15. The fourth-order valence-electron chi connectivity index (χ4n) is 1.66. The molecule has 0 radical (unpaired) electrons. The second kappa shape index (κ2) is 9.29. The van der Waals surface area contributed by atoms with Gasteiger partial charge in [0.15, 0.2) is 0 Å². The zero-order valence-corrected chi connectivity index (χ0v) is 15.5. The molecule has 6 heteroatoms. The van der Waals surface area contributed by atoms with Crippen LogP contribution < -0.4 is 61.8 Å². The number of carboxylic acid groups (broad SMARTS) is 1. The van der Waals surface area contributed by atoms with Gasteiger partial charge in [-0.2, -0.15) is 0 Å². The van der Waals surface area contributed by atoms with Crippen molar-refractivity contribution in [1.82, 2.24) is 0 Å². The van der Waals surface area contributed by atoms with Crippen molar-refractivity contribution >= 4 is 28.9 Å². The van der Waals surface area contributed by atoms with Gasteiger partial charge >= 0.3 is 51.4 Å². The van der Waals surface area contributed by atoms with E-state index in [0.717, 1.165) is 4.88 Å². The first-order valence-electron chi connectivity index (χ1n) is 5.97. The molecule has 0 spiro atoms. The number of para-hydroxylation sites is 1. The number of rotatable bonds is 5. The summed E-state index contributed by atoms with van der Waals surface area (Å²) in [6.45, 7) is 0. The summed E-state index contributed by atoms with van der Waals surface area (Å²) in [4.78, 5) is 23.8. The summed E-state index contributed by atoms with van der Waals surface area (Å²) >= 11 is 1.62. The number of benzene rings is 1. The molecule has 4 nitrogen and oxygen atoms in total.